The first-order valence-electron chi connectivity index (χ1n) is 6.31. The molecule has 0 atom stereocenters. The first-order valence-corrected chi connectivity index (χ1v) is 6.31. The minimum absolute atomic E-state index is 0.0422. The second-order valence-corrected chi connectivity index (χ2v) is 4.69. The lowest BCUT2D eigenvalue weighted by atomic mass is 10.1. The summed E-state index contributed by atoms with van der Waals surface area (Å²) in [5.74, 6) is 0.450. The van der Waals surface area contributed by atoms with Crippen molar-refractivity contribution < 1.29 is 22.8 Å². The molecule has 2 aromatic rings. The molecule has 0 aliphatic rings. The van der Waals surface area contributed by atoms with Crippen LogP contribution in [0.15, 0.2) is 42.5 Å². The Bertz CT molecular complexity index is 681. The third-order valence-corrected chi connectivity index (χ3v) is 3.04. The van der Waals surface area contributed by atoms with Crippen molar-refractivity contribution in [3.05, 3.63) is 69.3 Å². The van der Waals surface area contributed by atoms with Crippen LogP contribution in [0.4, 0.5) is 18.9 Å². The van der Waals surface area contributed by atoms with E-state index in [-0.39, 0.29) is 12.3 Å². The molecule has 0 aromatic heterocycles. The summed E-state index contributed by atoms with van der Waals surface area (Å²) in [5, 5.41) is 10.6. The van der Waals surface area contributed by atoms with Crippen LogP contribution in [0.25, 0.3) is 0 Å². The van der Waals surface area contributed by atoms with Gasteiger partial charge in [0.25, 0.3) is 5.69 Å². The van der Waals surface area contributed by atoms with Crippen LogP contribution in [0, 0.1) is 17.0 Å². The van der Waals surface area contributed by atoms with Crippen molar-refractivity contribution in [2.45, 2.75) is 19.7 Å². The average Bonchev–Trinajstić information content (AvgIpc) is 2.45. The molecule has 7 heteroatoms. The predicted molar refractivity (Wildman–Crippen MR) is 73.6 cm³/mol. The van der Waals surface area contributed by atoms with Crippen LogP contribution in [0.1, 0.15) is 16.7 Å². The van der Waals surface area contributed by atoms with Gasteiger partial charge in [-0.05, 0) is 36.2 Å². The van der Waals surface area contributed by atoms with Crippen LogP contribution in [0.5, 0.6) is 5.75 Å². The third-order valence-electron chi connectivity index (χ3n) is 3.04. The molecule has 0 aliphatic carbocycles. The van der Waals surface area contributed by atoms with E-state index in [1.54, 1.807) is 6.92 Å². The Morgan fingerprint density at radius 2 is 1.77 bits per heavy atom. The van der Waals surface area contributed by atoms with Crippen molar-refractivity contribution in [1.82, 2.24) is 0 Å². The fraction of sp³-hybridized carbons (Fsp3) is 0.200. The van der Waals surface area contributed by atoms with Crippen LogP contribution in [-0.4, -0.2) is 4.92 Å². The molecule has 116 valence electrons. The number of nitro benzene ring substituents is 1. The summed E-state index contributed by atoms with van der Waals surface area (Å²) in [6.45, 7) is 1.74. The van der Waals surface area contributed by atoms with Crippen molar-refractivity contribution in [2.75, 3.05) is 0 Å². The molecule has 0 spiro atoms. The van der Waals surface area contributed by atoms with Gasteiger partial charge >= 0.3 is 6.18 Å². The van der Waals surface area contributed by atoms with E-state index < -0.39 is 16.7 Å². The van der Waals surface area contributed by atoms with Gasteiger partial charge in [0.05, 0.1) is 10.5 Å². The van der Waals surface area contributed by atoms with E-state index in [2.05, 4.69) is 0 Å². The number of ether oxygens (including phenoxy) is 1. The van der Waals surface area contributed by atoms with Gasteiger partial charge in [-0.1, -0.05) is 12.1 Å². The summed E-state index contributed by atoms with van der Waals surface area (Å²) in [5.41, 5.74) is 0.397. The zero-order valence-electron chi connectivity index (χ0n) is 11.6. The van der Waals surface area contributed by atoms with Gasteiger partial charge in [-0.3, -0.25) is 10.1 Å². The van der Waals surface area contributed by atoms with Gasteiger partial charge < -0.3 is 4.74 Å². The Morgan fingerprint density at radius 1 is 1.14 bits per heavy atom. The summed E-state index contributed by atoms with van der Waals surface area (Å²) < 4.78 is 42.8. The van der Waals surface area contributed by atoms with Gasteiger partial charge in [-0.25, -0.2) is 0 Å². The molecule has 0 saturated carbocycles. The van der Waals surface area contributed by atoms with Gasteiger partial charge in [0.15, 0.2) is 0 Å². The number of rotatable bonds is 4. The SMILES string of the molecule is Cc1cc([N+](=O)[O-])ccc1OCc1ccc(C(F)(F)F)cc1. The molecule has 2 aromatic carbocycles. The fourth-order valence-electron chi connectivity index (χ4n) is 1.86. The minimum Gasteiger partial charge on any atom is -0.489 e. The Hall–Kier alpha value is -2.57. The number of halogens is 3. The molecule has 0 N–H and O–H groups in total. The van der Waals surface area contributed by atoms with Gasteiger partial charge in [0, 0.05) is 12.1 Å². The van der Waals surface area contributed by atoms with E-state index in [1.807, 2.05) is 0 Å². The maximum Gasteiger partial charge on any atom is 0.416 e. The Balaban J connectivity index is 2.05. The van der Waals surface area contributed by atoms with E-state index in [9.17, 15) is 23.3 Å². The molecule has 4 nitrogen and oxygen atoms in total. The number of hydrogen-bond donors (Lipinski definition) is 0. The molecule has 0 bridgehead atoms. The molecule has 0 fully saturated rings. The number of nitro groups is 1. The Labute approximate surface area is 124 Å². The molecule has 0 aliphatic heterocycles. The number of nitrogens with zero attached hydrogens (tertiary/aromatic N) is 1. The molecular weight excluding hydrogens is 299 g/mol. The minimum atomic E-state index is -4.37. The Morgan fingerprint density at radius 3 is 2.27 bits per heavy atom. The average molecular weight is 311 g/mol. The molecule has 0 saturated heterocycles. The van der Waals surface area contributed by atoms with Crippen molar-refractivity contribution in [2.24, 2.45) is 0 Å². The summed E-state index contributed by atoms with van der Waals surface area (Å²) in [6, 6.07) is 8.81. The lowest BCUT2D eigenvalue weighted by Crippen LogP contribution is -2.05. The van der Waals surface area contributed by atoms with Crippen molar-refractivity contribution in [3.8, 4) is 5.75 Å². The maximum absolute atomic E-state index is 12.4. The second-order valence-electron chi connectivity index (χ2n) is 4.69. The molecule has 0 amide bonds. The largest absolute Gasteiger partial charge is 0.489 e. The lowest BCUT2D eigenvalue weighted by Gasteiger charge is -2.10. The summed E-state index contributed by atoms with van der Waals surface area (Å²) in [6.07, 6.45) is -4.37. The molecule has 0 unspecified atom stereocenters. The highest BCUT2D eigenvalue weighted by Gasteiger charge is 2.29. The number of alkyl halides is 3. The van der Waals surface area contributed by atoms with Crippen LogP contribution in [0.3, 0.4) is 0 Å². The normalized spacial score (nSPS) is 11.3. The van der Waals surface area contributed by atoms with Crippen LogP contribution in [0.2, 0.25) is 0 Å². The summed E-state index contributed by atoms with van der Waals surface area (Å²) in [7, 11) is 0. The molecule has 0 heterocycles. The van der Waals surface area contributed by atoms with Crippen molar-refractivity contribution in [3.63, 3.8) is 0 Å². The molecular formula is C15H12F3NO3. The first kappa shape index (κ1) is 15.8. The van der Waals surface area contributed by atoms with E-state index in [1.165, 1.54) is 30.3 Å². The number of aryl methyl sites for hydroxylation is 1. The molecule has 0 radical (unpaired) electrons. The van der Waals surface area contributed by atoms with Crippen molar-refractivity contribution in [1.29, 1.82) is 0 Å². The number of hydrogen-bond acceptors (Lipinski definition) is 3. The van der Waals surface area contributed by atoms with Crippen LogP contribution in [-0.2, 0) is 12.8 Å². The van der Waals surface area contributed by atoms with E-state index in [0.717, 1.165) is 12.1 Å². The van der Waals surface area contributed by atoms with Gasteiger partial charge in [0.2, 0.25) is 0 Å². The first-order chi connectivity index (χ1) is 10.3. The summed E-state index contributed by atoms with van der Waals surface area (Å²) in [4.78, 5) is 10.1. The number of benzene rings is 2. The molecule has 22 heavy (non-hydrogen) atoms. The zero-order chi connectivity index (χ0) is 16.3. The lowest BCUT2D eigenvalue weighted by molar-refractivity contribution is -0.384. The quantitative estimate of drug-likeness (QED) is 0.617. The summed E-state index contributed by atoms with van der Waals surface area (Å²) >= 11 is 0. The smallest absolute Gasteiger partial charge is 0.416 e. The highest BCUT2D eigenvalue weighted by molar-refractivity contribution is 5.43. The topological polar surface area (TPSA) is 52.4 Å². The van der Waals surface area contributed by atoms with Crippen LogP contribution < -0.4 is 4.74 Å². The fourth-order valence-corrected chi connectivity index (χ4v) is 1.86. The maximum atomic E-state index is 12.4. The van der Waals surface area contributed by atoms with E-state index in [4.69, 9.17) is 4.74 Å². The van der Waals surface area contributed by atoms with Gasteiger partial charge in [-0.2, -0.15) is 13.2 Å². The van der Waals surface area contributed by atoms with Gasteiger partial charge in [-0.15, -0.1) is 0 Å². The van der Waals surface area contributed by atoms with E-state index in [0.29, 0.717) is 16.9 Å². The van der Waals surface area contributed by atoms with E-state index >= 15 is 0 Å². The van der Waals surface area contributed by atoms with Crippen molar-refractivity contribution >= 4 is 5.69 Å². The number of non-ortho nitro benzene ring substituents is 1. The zero-order valence-corrected chi connectivity index (χ0v) is 11.6. The molecule has 2 rings (SSSR count). The standard InChI is InChI=1S/C15H12F3NO3/c1-10-8-13(19(20)21)6-7-14(10)22-9-11-2-4-12(5-3-11)15(16,17)18/h2-8H,9H2,1H3. The Kier molecular flexibility index (Phi) is 4.35. The highest BCUT2D eigenvalue weighted by Crippen LogP contribution is 2.29. The van der Waals surface area contributed by atoms with Gasteiger partial charge in [0.1, 0.15) is 12.4 Å². The third kappa shape index (κ3) is 3.75. The monoisotopic (exact) mass is 311 g/mol. The van der Waals surface area contributed by atoms with Crippen LogP contribution >= 0.6 is 0 Å². The predicted octanol–water partition coefficient (Wildman–Crippen LogP) is 4.50. The highest BCUT2D eigenvalue weighted by atomic mass is 19.4. The second kappa shape index (κ2) is 6.05.